The second kappa shape index (κ2) is 4.04. The Kier molecular flexibility index (Phi) is 2.83. The van der Waals surface area contributed by atoms with Gasteiger partial charge in [-0.05, 0) is 26.8 Å². The first-order chi connectivity index (χ1) is 8.02. The van der Waals surface area contributed by atoms with Gasteiger partial charge in [-0.3, -0.25) is 4.79 Å². The predicted octanol–water partition coefficient (Wildman–Crippen LogP) is 1.74. The van der Waals surface area contributed by atoms with E-state index < -0.39 is 5.54 Å². The van der Waals surface area contributed by atoms with Gasteiger partial charge in [-0.15, -0.1) is 0 Å². The molecule has 2 rings (SSSR count). The average Bonchev–Trinajstić information content (AvgIpc) is 2.30. The topological polar surface area (TPSA) is 52.6 Å². The smallest absolute Gasteiger partial charge is 0.249 e. The summed E-state index contributed by atoms with van der Waals surface area (Å²) in [7, 11) is 0. The van der Waals surface area contributed by atoms with Crippen LogP contribution in [0.3, 0.4) is 0 Å². The second-order valence-corrected chi connectivity index (χ2v) is 4.73. The lowest BCUT2D eigenvalue weighted by molar-refractivity contribution is -0.120. The number of nitrogens with zero attached hydrogens (tertiary/aromatic N) is 1. The predicted molar refractivity (Wildman–Crippen MR) is 68.1 cm³/mol. The molecule has 4 heteroatoms. The standard InChI is InChI=1S/C13H18N2O2/c1-4-15-10-7-5-6-9(8-16)11(10)14-12(17)13(15,2)3/h5-7,16H,4,8H2,1-3H3,(H,14,17). The quantitative estimate of drug-likeness (QED) is 0.819. The van der Waals surface area contributed by atoms with Gasteiger partial charge in [-0.1, -0.05) is 12.1 Å². The molecule has 0 atom stereocenters. The third kappa shape index (κ3) is 1.69. The van der Waals surface area contributed by atoms with E-state index in [1.807, 2.05) is 39.0 Å². The van der Waals surface area contributed by atoms with Gasteiger partial charge in [0.05, 0.1) is 18.0 Å². The van der Waals surface area contributed by atoms with Gasteiger partial charge in [-0.2, -0.15) is 0 Å². The number of hydrogen-bond acceptors (Lipinski definition) is 3. The molecule has 1 aliphatic heterocycles. The number of aliphatic hydroxyl groups is 1. The second-order valence-electron chi connectivity index (χ2n) is 4.73. The van der Waals surface area contributed by atoms with Gasteiger partial charge >= 0.3 is 0 Å². The molecule has 1 amide bonds. The maximum Gasteiger partial charge on any atom is 0.249 e. The van der Waals surface area contributed by atoms with Gasteiger partial charge in [0.1, 0.15) is 5.54 Å². The van der Waals surface area contributed by atoms with Gasteiger partial charge in [0, 0.05) is 12.1 Å². The summed E-state index contributed by atoms with van der Waals surface area (Å²) in [6.45, 7) is 6.51. The molecule has 1 aliphatic rings. The molecule has 1 aromatic rings. The summed E-state index contributed by atoms with van der Waals surface area (Å²) >= 11 is 0. The molecule has 17 heavy (non-hydrogen) atoms. The summed E-state index contributed by atoms with van der Waals surface area (Å²) in [5.41, 5.74) is 1.91. The lowest BCUT2D eigenvalue weighted by atomic mass is 9.95. The molecule has 0 spiro atoms. The molecule has 0 fully saturated rings. The molecule has 92 valence electrons. The Morgan fingerprint density at radius 2 is 2.12 bits per heavy atom. The van der Waals surface area contributed by atoms with E-state index >= 15 is 0 Å². The van der Waals surface area contributed by atoms with Crippen molar-refractivity contribution in [2.45, 2.75) is 32.9 Å². The SMILES string of the molecule is CCN1c2cccc(CO)c2NC(=O)C1(C)C. The first-order valence-corrected chi connectivity index (χ1v) is 5.84. The fraction of sp³-hybridized carbons (Fsp3) is 0.462. The van der Waals surface area contributed by atoms with Crippen molar-refractivity contribution < 1.29 is 9.90 Å². The Bertz CT molecular complexity index is 455. The van der Waals surface area contributed by atoms with E-state index in [0.29, 0.717) is 0 Å². The maximum absolute atomic E-state index is 12.1. The van der Waals surface area contributed by atoms with Crippen molar-refractivity contribution in [2.24, 2.45) is 0 Å². The maximum atomic E-state index is 12.1. The van der Waals surface area contributed by atoms with Crippen LogP contribution in [0.1, 0.15) is 26.3 Å². The Morgan fingerprint density at radius 1 is 1.41 bits per heavy atom. The molecule has 0 unspecified atom stereocenters. The normalized spacial score (nSPS) is 17.6. The first kappa shape index (κ1) is 11.9. The molecule has 2 N–H and O–H groups in total. The van der Waals surface area contributed by atoms with E-state index in [9.17, 15) is 9.90 Å². The van der Waals surface area contributed by atoms with Crippen LogP contribution in [0.5, 0.6) is 0 Å². The Morgan fingerprint density at radius 3 is 2.71 bits per heavy atom. The third-order valence-electron chi connectivity index (χ3n) is 3.38. The monoisotopic (exact) mass is 234 g/mol. The van der Waals surface area contributed by atoms with Crippen LogP contribution in [-0.4, -0.2) is 23.1 Å². The van der Waals surface area contributed by atoms with E-state index in [0.717, 1.165) is 23.5 Å². The van der Waals surface area contributed by atoms with Crippen molar-refractivity contribution in [1.29, 1.82) is 0 Å². The number of benzene rings is 1. The van der Waals surface area contributed by atoms with Crippen molar-refractivity contribution in [3.8, 4) is 0 Å². The highest BCUT2D eigenvalue weighted by atomic mass is 16.3. The van der Waals surface area contributed by atoms with Crippen LogP contribution in [0.4, 0.5) is 11.4 Å². The molecule has 0 aliphatic carbocycles. The number of fused-ring (bicyclic) bond motifs is 1. The first-order valence-electron chi connectivity index (χ1n) is 5.84. The largest absolute Gasteiger partial charge is 0.392 e. The van der Waals surface area contributed by atoms with Gasteiger partial charge in [-0.25, -0.2) is 0 Å². The van der Waals surface area contributed by atoms with Gasteiger partial charge in [0.25, 0.3) is 0 Å². The molecule has 1 heterocycles. The highest BCUT2D eigenvalue weighted by Gasteiger charge is 2.39. The van der Waals surface area contributed by atoms with E-state index in [2.05, 4.69) is 10.2 Å². The number of amides is 1. The molecule has 0 bridgehead atoms. The van der Waals surface area contributed by atoms with Crippen molar-refractivity contribution >= 4 is 17.3 Å². The summed E-state index contributed by atoms with van der Waals surface area (Å²) in [5.74, 6) is -0.0345. The van der Waals surface area contributed by atoms with Gasteiger partial charge in [0.2, 0.25) is 5.91 Å². The molecule has 4 nitrogen and oxygen atoms in total. The molecular formula is C13H18N2O2. The minimum absolute atomic E-state index is 0.0345. The highest BCUT2D eigenvalue weighted by Crippen LogP contribution is 2.38. The van der Waals surface area contributed by atoms with Crippen LogP contribution in [0, 0.1) is 0 Å². The summed E-state index contributed by atoms with van der Waals surface area (Å²) in [4.78, 5) is 14.1. The Hall–Kier alpha value is -1.55. The van der Waals surface area contributed by atoms with E-state index in [1.165, 1.54) is 0 Å². The van der Waals surface area contributed by atoms with Crippen molar-refractivity contribution in [2.75, 3.05) is 16.8 Å². The number of carbonyl (C=O) groups is 1. The van der Waals surface area contributed by atoms with Crippen LogP contribution >= 0.6 is 0 Å². The molecule has 1 aromatic carbocycles. The molecule has 0 saturated carbocycles. The summed E-state index contributed by atoms with van der Waals surface area (Å²) < 4.78 is 0. The summed E-state index contributed by atoms with van der Waals surface area (Å²) in [5, 5.41) is 12.2. The number of aliphatic hydroxyl groups excluding tert-OH is 1. The van der Waals surface area contributed by atoms with E-state index in [4.69, 9.17) is 0 Å². The van der Waals surface area contributed by atoms with Crippen LogP contribution in [0.2, 0.25) is 0 Å². The van der Waals surface area contributed by atoms with E-state index in [-0.39, 0.29) is 12.5 Å². The number of para-hydroxylation sites is 1. The zero-order chi connectivity index (χ0) is 12.6. The number of nitrogens with one attached hydrogen (secondary N) is 1. The highest BCUT2D eigenvalue weighted by molar-refractivity contribution is 6.06. The number of likely N-dealkylation sites (N-methyl/N-ethyl adjacent to an activating group) is 1. The van der Waals surface area contributed by atoms with Crippen LogP contribution < -0.4 is 10.2 Å². The average molecular weight is 234 g/mol. The van der Waals surface area contributed by atoms with Gasteiger partial charge in [0.15, 0.2) is 0 Å². The minimum atomic E-state index is -0.560. The van der Waals surface area contributed by atoms with Crippen molar-refractivity contribution in [3.05, 3.63) is 23.8 Å². The van der Waals surface area contributed by atoms with Gasteiger partial charge < -0.3 is 15.3 Å². The number of rotatable bonds is 2. The Balaban J connectivity index is 2.60. The molecule has 0 radical (unpaired) electrons. The van der Waals surface area contributed by atoms with Crippen molar-refractivity contribution in [3.63, 3.8) is 0 Å². The molecule has 0 saturated heterocycles. The number of anilines is 2. The van der Waals surface area contributed by atoms with E-state index in [1.54, 1.807) is 0 Å². The zero-order valence-corrected chi connectivity index (χ0v) is 10.4. The Labute approximate surface area is 101 Å². The fourth-order valence-electron chi connectivity index (χ4n) is 2.34. The van der Waals surface area contributed by atoms with Crippen LogP contribution in [-0.2, 0) is 11.4 Å². The molecular weight excluding hydrogens is 216 g/mol. The zero-order valence-electron chi connectivity index (χ0n) is 10.4. The summed E-state index contributed by atoms with van der Waals surface area (Å²) in [6.07, 6.45) is 0. The van der Waals surface area contributed by atoms with Crippen molar-refractivity contribution in [1.82, 2.24) is 0 Å². The third-order valence-corrected chi connectivity index (χ3v) is 3.38. The van der Waals surface area contributed by atoms with Crippen LogP contribution in [0.25, 0.3) is 0 Å². The summed E-state index contributed by atoms with van der Waals surface area (Å²) in [6, 6.07) is 5.70. The number of carbonyl (C=O) groups excluding carboxylic acids is 1. The minimum Gasteiger partial charge on any atom is -0.392 e. The lowest BCUT2D eigenvalue weighted by Crippen LogP contribution is -2.56. The molecule has 0 aromatic heterocycles. The van der Waals surface area contributed by atoms with Crippen LogP contribution in [0.15, 0.2) is 18.2 Å². The fourth-order valence-corrected chi connectivity index (χ4v) is 2.34. The lowest BCUT2D eigenvalue weighted by Gasteiger charge is -2.43. The number of hydrogen-bond donors (Lipinski definition) is 2.